The number of likely N-dealkylation sites (tertiary alicyclic amines) is 1. The van der Waals surface area contributed by atoms with Gasteiger partial charge in [0, 0.05) is 37.2 Å². The van der Waals surface area contributed by atoms with Crippen molar-refractivity contribution in [3.8, 4) is 11.3 Å². The molecule has 0 bridgehead atoms. The number of fused-ring (bicyclic) bond motifs is 1. The van der Waals surface area contributed by atoms with E-state index < -0.39 is 0 Å². The third kappa shape index (κ3) is 2.30. The number of anilines is 1. The molecule has 22 heavy (non-hydrogen) atoms. The minimum atomic E-state index is 0.751. The Morgan fingerprint density at radius 3 is 2.45 bits per heavy atom. The lowest BCUT2D eigenvalue weighted by atomic mass is 9.93. The van der Waals surface area contributed by atoms with Gasteiger partial charge >= 0.3 is 0 Å². The predicted octanol–water partition coefficient (Wildman–Crippen LogP) is 3.06. The van der Waals surface area contributed by atoms with E-state index in [0.29, 0.717) is 0 Å². The second-order valence-electron chi connectivity index (χ2n) is 6.62. The first-order chi connectivity index (χ1) is 10.7. The lowest BCUT2D eigenvalue weighted by molar-refractivity contribution is 0.0827. The Labute approximate surface area is 132 Å². The molecule has 114 valence electrons. The number of aryl methyl sites for hydroxylation is 1. The van der Waals surface area contributed by atoms with Gasteiger partial charge in [0.2, 0.25) is 0 Å². The van der Waals surface area contributed by atoms with Crippen LogP contribution >= 0.6 is 0 Å². The van der Waals surface area contributed by atoms with Crippen molar-refractivity contribution in [3.05, 3.63) is 48.2 Å². The Morgan fingerprint density at radius 1 is 1.05 bits per heavy atom. The highest BCUT2D eigenvalue weighted by molar-refractivity contribution is 5.62. The van der Waals surface area contributed by atoms with Gasteiger partial charge in [-0.2, -0.15) is 0 Å². The van der Waals surface area contributed by atoms with E-state index in [0.717, 1.165) is 30.6 Å². The highest BCUT2D eigenvalue weighted by Crippen LogP contribution is 2.33. The van der Waals surface area contributed by atoms with Crippen LogP contribution in [0.15, 0.2) is 42.6 Å². The molecule has 3 heteroatoms. The van der Waals surface area contributed by atoms with Gasteiger partial charge in [0.25, 0.3) is 0 Å². The number of hydrogen-bond donors (Lipinski definition) is 0. The minimum Gasteiger partial charge on any atom is -0.368 e. The van der Waals surface area contributed by atoms with E-state index in [-0.39, 0.29) is 0 Å². The molecule has 0 saturated carbocycles. The van der Waals surface area contributed by atoms with E-state index in [1.165, 1.54) is 29.9 Å². The molecule has 0 radical (unpaired) electrons. The van der Waals surface area contributed by atoms with Crippen LogP contribution in [0.5, 0.6) is 0 Å². The van der Waals surface area contributed by atoms with E-state index in [4.69, 9.17) is 0 Å². The summed E-state index contributed by atoms with van der Waals surface area (Å²) >= 11 is 0. The Hall–Kier alpha value is -1.87. The normalized spacial score (nSPS) is 24.2. The van der Waals surface area contributed by atoms with Crippen molar-refractivity contribution in [2.24, 2.45) is 5.92 Å². The fourth-order valence-corrected chi connectivity index (χ4v) is 3.77. The number of hydrogen-bond acceptors (Lipinski definition) is 3. The third-order valence-corrected chi connectivity index (χ3v) is 5.27. The summed E-state index contributed by atoms with van der Waals surface area (Å²) in [4.78, 5) is 9.63. The Balaban J connectivity index is 1.50. The summed E-state index contributed by atoms with van der Waals surface area (Å²) in [5.41, 5.74) is 4.89. The van der Waals surface area contributed by atoms with Gasteiger partial charge in [0.15, 0.2) is 0 Å². The van der Waals surface area contributed by atoms with Gasteiger partial charge in [-0.05, 0) is 31.2 Å². The van der Waals surface area contributed by atoms with Crippen LogP contribution < -0.4 is 4.90 Å². The first-order valence-electron chi connectivity index (χ1n) is 8.25. The van der Waals surface area contributed by atoms with Crippen LogP contribution in [-0.2, 0) is 6.42 Å². The Morgan fingerprint density at radius 2 is 1.86 bits per heavy atom. The maximum atomic E-state index is 4.68. The standard InChI is InChI=1S/C19H23N3/c1-3-14-4-6-15(7-5-14)18-9-8-17(10-20-18)22-12-16-11-21(2)19(16)13-22/h4-10,16,19H,3,11-13H2,1-2H3/t16-,19-/m0/s1. The van der Waals surface area contributed by atoms with Crippen molar-refractivity contribution in [1.82, 2.24) is 9.88 Å². The number of nitrogens with zero attached hydrogens (tertiary/aromatic N) is 3. The molecule has 2 aliphatic rings. The van der Waals surface area contributed by atoms with Crippen LogP contribution in [-0.4, -0.2) is 42.6 Å². The number of rotatable bonds is 3. The smallest absolute Gasteiger partial charge is 0.0703 e. The molecule has 2 saturated heterocycles. The van der Waals surface area contributed by atoms with Crippen molar-refractivity contribution in [3.63, 3.8) is 0 Å². The van der Waals surface area contributed by atoms with Gasteiger partial charge in [-0.3, -0.25) is 4.98 Å². The van der Waals surface area contributed by atoms with E-state index in [9.17, 15) is 0 Å². The molecular weight excluding hydrogens is 270 g/mol. The molecule has 3 nitrogen and oxygen atoms in total. The predicted molar refractivity (Wildman–Crippen MR) is 91.2 cm³/mol. The molecule has 0 spiro atoms. The van der Waals surface area contributed by atoms with Crippen molar-refractivity contribution < 1.29 is 0 Å². The molecule has 2 atom stereocenters. The van der Waals surface area contributed by atoms with Crippen LogP contribution in [0.1, 0.15) is 12.5 Å². The highest BCUT2D eigenvalue weighted by Gasteiger charge is 2.43. The lowest BCUT2D eigenvalue weighted by Gasteiger charge is -2.40. The van der Waals surface area contributed by atoms with E-state index in [1.807, 2.05) is 6.20 Å². The zero-order chi connectivity index (χ0) is 15.1. The van der Waals surface area contributed by atoms with Crippen LogP contribution in [0.4, 0.5) is 5.69 Å². The minimum absolute atomic E-state index is 0.751. The average Bonchev–Trinajstić information content (AvgIpc) is 2.92. The van der Waals surface area contributed by atoms with Gasteiger partial charge < -0.3 is 9.80 Å². The fourth-order valence-electron chi connectivity index (χ4n) is 3.77. The topological polar surface area (TPSA) is 19.4 Å². The zero-order valence-corrected chi connectivity index (χ0v) is 13.4. The highest BCUT2D eigenvalue weighted by atomic mass is 15.3. The maximum Gasteiger partial charge on any atom is 0.0703 e. The van der Waals surface area contributed by atoms with Gasteiger partial charge in [0.05, 0.1) is 17.6 Å². The summed E-state index contributed by atoms with van der Waals surface area (Å²) < 4.78 is 0. The van der Waals surface area contributed by atoms with Gasteiger partial charge in [-0.15, -0.1) is 0 Å². The Kier molecular flexibility index (Phi) is 3.38. The first kappa shape index (κ1) is 13.8. The summed E-state index contributed by atoms with van der Waals surface area (Å²) in [5.74, 6) is 0.853. The molecule has 2 aliphatic heterocycles. The second kappa shape index (κ2) is 5.40. The summed E-state index contributed by atoms with van der Waals surface area (Å²) in [6.07, 6.45) is 3.12. The van der Waals surface area contributed by atoms with Gasteiger partial charge in [0.1, 0.15) is 0 Å². The molecule has 2 fully saturated rings. The van der Waals surface area contributed by atoms with Crippen LogP contribution in [0.25, 0.3) is 11.3 Å². The molecule has 4 rings (SSSR count). The number of likely N-dealkylation sites (N-methyl/N-ethyl adjacent to an activating group) is 1. The summed E-state index contributed by atoms with van der Waals surface area (Å²) in [7, 11) is 2.23. The first-order valence-corrected chi connectivity index (χ1v) is 8.25. The maximum absolute atomic E-state index is 4.68. The van der Waals surface area contributed by atoms with E-state index in [2.05, 4.69) is 65.2 Å². The van der Waals surface area contributed by atoms with Crippen molar-refractivity contribution in [2.75, 3.05) is 31.6 Å². The largest absolute Gasteiger partial charge is 0.368 e. The molecule has 1 aromatic heterocycles. The summed E-state index contributed by atoms with van der Waals surface area (Å²) in [6.45, 7) is 5.76. The molecule has 3 heterocycles. The molecule has 0 N–H and O–H groups in total. The van der Waals surface area contributed by atoms with Crippen molar-refractivity contribution in [2.45, 2.75) is 19.4 Å². The molecule has 0 aliphatic carbocycles. The van der Waals surface area contributed by atoms with Crippen LogP contribution in [0.3, 0.4) is 0 Å². The zero-order valence-electron chi connectivity index (χ0n) is 13.4. The van der Waals surface area contributed by atoms with E-state index in [1.54, 1.807) is 0 Å². The van der Waals surface area contributed by atoms with Crippen molar-refractivity contribution in [1.29, 1.82) is 0 Å². The monoisotopic (exact) mass is 293 g/mol. The number of benzene rings is 1. The number of aromatic nitrogens is 1. The SMILES string of the molecule is CCc1ccc(-c2ccc(N3C[C@@H]4CN(C)[C@H]4C3)cn2)cc1. The van der Waals surface area contributed by atoms with Crippen molar-refractivity contribution >= 4 is 5.69 Å². The van der Waals surface area contributed by atoms with Crippen LogP contribution in [0.2, 0.25) is 0 Å². The molecule has 2 aromatic rings. The van der Waals surface area contributed by atoms with E-state index >= 15 is 0 Å². The second-order valence-corrected chi connectivity index (χ2v) is 6.62. The number of pyridine rings is 1. The Bertz CT molecular complexity index is 647. The molecule has 0 unspecified atom stereocenters. The quantitative estimate of drug-likeness (QED) is 0.867. The van der Waals surface area contributed by atoms with Crippen LogP contribution in [0, 0.1) is 5.92 Å². The average molecular weight is 293 g/mol. The summed E-state index contributed by atoms with van der Waals surface area (Å²) in [6, 6.07) is 13.9. The fraction of sp³-hybridized carbons (Fsp3) is 0.421. The molecule has 0 amide bonds. The lowest BCUT2D eigenvalue weighted by Crippen LogP contribution is -2.52. The third-order valence-electron chi connectivity index (χ3n) is 5.27. The van der Waals surface area contributed by atoms with Gasteiger partial charge in [-0.1, -0.05) is 31.2 Å². The summed E-state index contributed by atoms with van der Waals surface area (Å²) in [5, 5.41) is 0. The van der Waals surface area contributed by atoms with Gasteiger partial charge in [-0.25, -0.2) is 0 Å². The molecule has 1 aromatic carbocycles. The molecular formula is C19H23N3.